The zero-order valence-corrected chi connectivity index (χ0v) is 12.6. The largest absolute Gasteiger partial charge is 0.497 e. The fourth-order valence-electron chi connectivity index (χ4n) is 2.12. The predicted octanol–water partition coefficient (Wildman–Crippen LogP) is 3.17. The number of hydrogen-bond acceptors (Lipinski definition) is 4. The first kappa shape index (κ1) is 14.7. The number of hydrogen-bond donors (Lipinski definition) is 0. The van der Waals surface area contributed by atoms with Gasteiger partial charge in [-0.2, -0.15) is 5.10 Å². The van der Waals surface area contributed by atoms with Crippen LogP contribution in [0.25, 0.3) is 11.8 Å². The molecule has 0 bridgehead atoms. The van der Waals surface area contributed by atoms with E-state index in [9.17, 15) is 4.79 Å². The summed E-state index contributed by atoms with van der Waals surface area (Å²) >= 11 is 0. The van der Waals surface area contributed by atoms with Crippen molar-refractivity contribution < 1.29 is 9.53 Å². The number of ketones is 1. The van der Waals surface area contributed by atoms with Crippen molar-refractivity contribution in [3.8, 4) is 11.4 Å². The van der Waals surface area contributed by atoms with Gasteiger partial charge in [0.15, 0.2) is 5.78 Å². The van der Waals surface area contributed by atoms with Crippen LogP contribution in [0.4, 0.5) is 0 Å². The molecule has 1 heterocycles. The summed E-state index contributed by atoms with van der Waals surface area (Å²) in [6.07, 6.45) is 6.46. The van der Waals surface area contributed by atoms with E-state index in [0.29, 0.717) is 11.3 Å². The van der Waals surface area contributed by atoms with Crippen molar-refractivity contribution in [1.29, 1.82) is 0 Å². The molecule has 1 aromatic heterocycles. The third-order valence-electron chi connectivity index (χ3n) is 3.36. The average Bonchev–Trinajstić information content (AvgIpc) is 3.15. The first-order valence-electron chi connectivity index (χ1n) is 7.08. The van der Waals surface area contributed by atoms with Gasteiger partial charge in [-0.1, -0.05) is 30.3 Å². The van der Waals surface area contributed by atoms with Crippen molar-refractivity contribution in [3.05, 3.63) is 78.4 Å². The van der Waals surface area contributed by atoms with Crippen LogP contribution in [0.5, 0.6) is 5.75 Å². The Balaban J connectivity index is 1.73. The lowest BCUT2D eigenvalue weighted by Gasteiger charge is -2.02. The lowest BCUT2D eigenvalue weighted by atomic mass is 10.1. The summed E-state index contributed by atoms with van der Waals surface area (Å²) in [7, 11) is 1.58. The quantitative estimate of drug-likeness (QED) is 0.536. The summed E-state index contributed by atoms with van der Waals surface area (Å²) in [5, 5.41) is 4.07. The molecule has 0 aliphatic carbocycles. The summed E-state index contributed by atoms with van der Waals surface area (Å²) in [6, 6.07) is 14.8. The van der Waals surface area contributed by atoms with Gasteiger partial charge in [0.05, 0.1) is 12.8 Å². The Morgan fingerprint density at radius 1 is 1.17 bits per heavy atom. The number of aromatic nitrogens is 3. The van der Waals surface area contributed by atoms with Crippen LogP contribution in [-0.4, -0.2) is 27.7 Å². The van der Waals surface area contributed by atoms with Gasteiger partial charge in [0.25, 0.3) is 0 Å². The fraction of sp³-hybridized carbons (Fsp3) is 0.0556. The van der Waals surface area contributed by atoms with Crippen molar-refractivity contribution in [2.45, 2.75) is 0 Å². The summed E-state index contributed by atoms with van der Waals surface area (Å²) in [4.78, 5) is 16.1. The Morgan fingerprint density at radius 3 is 2.70 bits per heavy atom. The van der Waals surface area contributed by atoms with Gasteiger partial charge in [0.1, 0.15) is 18.4 Å². The van der Waals surface area contributed by atoms with E-state index in [-0.39, 0.29) is 5.78 Å². The molecule has 0 saturated carbocycles. The van der Waals surface area contributed by atoms with Gasteiger partial charge >= 0.3 is 0 Å². The number of carbonyl (C=O) groups is 1. The second-order valence-corrected chi connectivity index (χ2v) is 4.86. The van der Waals surface area contributed by atoms with Crippen LogP contribution in [0.1, 0.15) is 15.9 Å². The molecule has 0 aliphatic heterocycles. The van der Waals surface area contributed by atoms with Crippen molar-refractivity contribution in [3.63, 3.8) is 0 Å². The molecular formula is C18H15N3O2. The number of allylic oxidation sites excluding steroid dienone is 1. The Labute approximate surface area is 133 Å². The topological polar surface area (TPSA) is 57.0 Å². The Morgan fingerprint density at radius 2 is 2.00 bits per heavy atom. The monoisotopic (exact) mass is 305 g/mol. The molecule has 0 radical (unpaired) electrons. The van der Waals surface area contributed by atoms with E-state index in [1.807, 2.05) is 30.3 Å². The average molecular weight is 305 g/mol. The molecule has 23 heavy (non-hydrogen) atoms. The van der Waals surface area contributed by atoms with Crippen LogP contribution in [0.2, 0.25) is 0 Å². The minimum Gasteiger partial charge on any atom is -0.497 e. The smallest absolute Gasteiger partial charge is 0.185 e. The van der Waals surface area contributed by atoms with Crippen molar-refractivity contribution in [2.24, 2.45) is 0 Å². The normalized spacial score (nSPS) is 10.8. The van der Waals surface area contributed by atoms with E-state index in [1.54, 1.807) is 48.5 Å². The van der Waals surface area contributed by atoms with Crippen molar-refractivity contribution >= 4 is 11.9 Å². The molecule has 114 valence electrons. The molecule has 3 aromatic rings. The lowest BCUT2D eigenvalue weighted by Crippen LogP contribution is -1.95. The maximum Gasteiger partial charge on any atom is 0.185 e. The lowest BCUT2D eigenvalue weighted by molar-refractivity contribution is 0.104. The van der Waals surface area contributed by atoms with Gasteiger partial charge in [-0.15, -0.1) is 0 Å². The minimum absolute atomic E-state index is 0.0655. The van der Waals surface area contributed by atoms with Crippen LogP contribution < -0.4 is 4.74 Å². The molecule has 0 spiro atoms. The molecular weight excluding hydrogens is 290 g/mol. The zero-order valence-electron chi connectivity index (χ0n) is 12.6. The first-order valence-corrected chi connectivity index (χ1v) is 7.08. The fourth-order valence-corrected chi connectivity index (χ4v) is 2.12. The molecule has 0 unspecified atom stereocenters. The molecule has 0 N–H and O–H groups in total. The number of benzene rings is 2. The first-order chi connectivity index (χ1) is 11.3. The highest BCUT2D eigenvalue weighted by Crippen LogP contribution is 2.14. The standard InChI is InChI=1S/C18H15N3O2/c1-23-17-4-2-3-15(11-17)18(22)10-7-14-5-8-16(9-6-14)21-13-19-12-20-21/h2-13H,1H3/b10-7+. The van der Waals surface area contributed by atoms with Crippen LogP contribution in [0.15, 0.2) is 67.3 Å². The number of ether oxygens (including phenoxy) is 1. The highest BCUT2D eigenvalue weighted by molar-refractivity contribution is 6.07. The van der Waals surface area contributed by atoms with Crippen LogP contribution >= 0.6 is 0 Å². The number of methoxy groups -OCH3 is 1. The minimum atomic E-state index is -0.0655. The number of carbonyl (C=O) groups excluding carboxylic acids is 1. The summed E-state index contributed by atoms with van der Waals surface area (Å²) in [5.74, 6) is 0.602. The van der Waals surface area contributed by atoms with Gasteiger partial charge in [-0.05, 0) is 35.9 Å². The van der Waals surface area contributed by atoms with Crippen LogP contribution in [-0.2, 0) is 0 Å². The molecule has 0 amide bonds. The molecule has 5 heteroatoms. The van der Waals surface area contributed by atoms with Crippen molar-refractivity contribution in [1.82, 2.24) is 14.8 Å². The number of rotatable bonds is 5. The molecule has 5 nitrogen and oxygen atoms in total. The SMILES string of the molecule is COc1cccc(C(=O)/C=C/c2ccc(-n3cncn3)cc2)c1. The van der Waals surface area contributed by atoms with E-state index in [4.69, 9.17) is 4.74 Å². The molecule has 2 aromatic carbocycles. The third-order valence-corrected chi connectivity index (χ3v) is 3.36. The molecule has 3 rings (SSSR count). The van der Waals surface area contributed by atoms with E-state index in [1.165, 1.54) is 6.33 Å². The Kier molecular flexibility index (Phi) is 4.29. The molecule has 0 fully saturated rings. The highest BCUT2D eigenvalue weighted by atomic mass is 16.5. The second kappa shape index (κ2) is 6.70. The maximum absolute atomic E-state index is 12.2. The van der Waals surface area contributed by atoms with Gasteiger partial charge in [-0.3, -0.25) is 4.79 Å². The molecule has 0 aliphatic rings. The molecule has 0 saturated heterocycles. The predicted molar refractivity (Wildman–Crippen MR) is 87.7 cm³/mol. The van der Waals surface area contributed by atoms with Gasteiger partial charge in [-0.25, -0.2) is 9.67 Å². The van der Waals surface area contributed by atoms with E-state index in [2.05, 4.69) is 10.1 Å². The third kappa shape index (κ3) is 3.52. The molecule has 0 atom stereocenters. The van der Waals surface area contributed by atoms with E-state index in [0.717, 1.165) is 11.3 Å². The van der Waals surface area contributed by atoms with Gasteiger partial charge in [0.2, 0.25) is 0 Å². The second-order valence-electron chi connectivity index (χ2n) is 4.86. The van der Waals surface area contributed by atoms with Crippen molar-refractivity contribution in [2.75, 3.05) is 7.11 Å². The van der Waals surface area contributed by atoms with Gasteiger partial charge < -0.3 is 4.74 Å². The number of nitrogens with zero attached hydrogens (tertiary/aromatic N) is 3. The van der Waals surface area contributed by atoms with E-state index < -0.39 is 0 Å². The van der Waals surface area contributed by atoms with Crippen LogP contribution in [0.3, 0.4) is 0 Å². The van der Waals surface area contributed by atoms with Gasteiger partial charge in [0, 0.05) is 5.56 Å². The summed E-state index contributed by atoms with van der Waals surface area (Å²) in [5.41, 5.74) is 2.45. The Bertz CT molecular complexity index is 822. The Hall–Kier alpha value is -3.21. The summed E-state index contributed by atoms with van der Waals surface area (Å²) < 4.78 is 6.80. The summed E-state index contributed by atoms with van der Waals surface area (Å²) in [6.45, 7) is 0. The van der Waals surface area contributed by atoms with Crippen LogP contribution in [0, 0.1) is 0 Å². The highest BCUT2D eigenvalue weighted by Gasteiger charge is 2.03. The zero-order chi connectivity index (χ0) is 16.1. The maximum atomic E-state index is 12.2. The van der Waals surface area contributed by atoms with E-state index >= 15 is 0 Å².